The third-order valence-electron chi connectivity index (χ3n) is 4.12. The molecular weight excluding hydrogens is 368 g/mol. The molecule has 1 aromatic carbocycles. The normalized spacial score (nSPS) is 14.9. The number of benzene rings is 1. The SMILES string of the molecule is CC.CC(=O)N(c1c(C)cnc2ccc(Br)cc12)C1CCOCC1. The van der Waals surface area contributed by atoms with Gasteiger partial charge < -0.3 is 9.64 Å². The summed E-state index contributed by atoms with van der Waals surface area (Å²) in [6.07, 6.45) is 3.59. The topological polar surface area (TPSA) is 42.4 Å². The van der Waals surface area contributed by atoms with Crippen molar-refractivity contribution in [2.45, 2.75) is 46.6 Å². The van der Waals surface area contributed by atoms with Gasteiger partial charge in [-0.05, 0) is 43.5 Å². The number of ether oxygens (including phenoxy) is 1. The molecule has 0 aliphatic carbocycles. The molecule has 1 aliphatic heterocycles. The first-order valence-electron chi connectivity index (χ1n) is 8.50. The summed E-state index contributed by atoms with van der Waals surface area (Å²) >= 11 is 3.52. The van der Waals surface area contributed by atoms with Gasteiger partial charge in [-0.15, -0.1) is 0 Å². The average Bonchev–Trinajstić information content (AvgIpc) is 2.60. The van der Waals surface area contributed by atoms with Crippen LogP contribution in [0.3, 0.4) is 0 Å². The summed E-state index contributed by atoms with van der Waals surface area (Å²) in [6, 6.07) is 6.18. The molecular formula is C19H25BrN2O2. The highest BCUT2D eigenvalue weighted by Crippen LogP contribution is 2.34. The molecule has 0 spiro atoms. The van der Waals surface area contributed by atoms with Crippen molar-refractivity contribution in [2.75, 3.05) is 18.1 Å². The molecule has 0 radical (unpaired) electrons. The predicted molar refractivity (Wildman–Crippen MR) is 103 cm³/mol. The molecule has 1 saturated heterocycles. The summed E-state index contributed by atoms with van der Waals surface area (Å²) in [5, 5.41) is 1.01. The zero-order valence-electron chi connectivity index (χ0n) is 14.8. The minimum Gasteiger partial charge on any atom is -0.381 e. The van der Waals surface area contributed by atoms with Crippen molar-refractivity contribution in [2.24, 2.45) is 0 Å². The second kappa shape index (κ2) is 8.58. The molecule has 0 N–H and O–H groups in total. The number of fused-ring (bicyclic) bond motifs is 1. The maximum atomic E-state index is 12.4. The molecule has 0 saturated carbocycles. The van der Waals surface area contributed by atoms with E-state index in [-0.39, 0.29) is 11.9 Å². The lowest BCUT2D eigenvalue weighted by molar-refractivity contribution is -0.117. The van der Waals surface area contributed by atoms with E-state index in [1.807, 2.05) is 50.1 Å². The summed E-state index contributed by atoms with van der Waals surface area (Å²) in [5.41, 5.74) is 2.90. The Morgan fingerprint density at radius 3 is 2.58 bits per heavy atom. The Hall–Kier alpha value is -1.46. The lowest BCUT2D eigenvalue weighted by Gasteiger charge is -2.35. The smallest absolute Gasteiger partial charge is 0.224 e. The molecule has 4 nitrogen and oxygen atoms in total. The Balaban J connectivity index is 0.00000100. The highest BCUT2D eigenvalue weighted by Gasteiger charge is 2.27. The number of aromatic nitrogens is 1. The number of carbonyl (C=O) groups excluding carboxylic acids is 1. The molecule has 0 atom stereocenters. The zero-order chi connectivity index (χ0) is 17.7. The van der Waals surface area contributed by atoms with E-state index in [2.05, 4.69) is 20.9 Å². The van der Waals surface area contributed by atoms with Gasteiger partial charge in [-0.2, -0.15) is 0 Å². The minimum atomic E-state index is 0.0717. The highest BCUT2D eigenvalue weighted by molar-refractivity contribution is 9.10. The summed E-state index contributed by atoms with van der Waals surface area (Å²) in [6.45, 7) is 9.07. The van der Waals surface area contributed by atoms with Gasteiger partial charge in [0.25, 0.3) is 0 Å². The number of rotatable bonds is 2. The fourth-order valence-corrected chi connectivity index (χ4v) is 3.47. The van der Waals surface area contributed by atoms with E-state index >= 15 is 0 Å². The molecule has 2 aromatic rings. The summed E-state index contributed by atoms with van der Waals surface area (Å²) in [7, 11) is 0. The Morgan fingerprint density at radius 1 is 1.29 bits per heavy atom. The van der Waals surface area contributed by atoms with Gasteiger partial charge >= 0.3 is 0 Å². The van der Waals surface area contributed by atoms with Gasteiger partial charge in [0.2, 0.25) is 5.91 Å². The van der Waals surface area contributed by atoms with Crippen LogP contribution >= 0.6 is 15.9 Å². The molecule has 1 fully saturated rings. The number of nitrogens with zero attached hydrogens (tertiary/aromatic N) is 2. The second-order valence-corrected chi connectivity index (χ2v) is 6.60. The van der Waals surface area contributed by atoms with Gasteiger partial charge in [-0.25, -0.2) is 0 Å². The number of amides is 1. The maximum Gasteiger partial charge on any atom is 0.224 e. The molecule has 0 bridgehead atoms. The van der Waals surface area contributed by atoms with Crippen LogP contribution in [-0.2, 0) is 9.53 Å². The van der Waals surface area contributed by atoms with Crippen molar-refractivity contribution in [1.29, 1.82) is 0 Å². The zero-order valence-corrected chi connectivity index (χ0v) is 16.4. The maximum absolute atomic E-state index is 12.4. The lowest BCUT2D eigenvalue weighted by Crippen LogP contribution is -2.43. The van der Waals surface area contributed by atoms with Crippen molar-refractivity contribution in [1.82, 2.24) is 4.98 Å². The van der Waals surface area contributed by atoms with Crippen LogP contribution in [-0.4, -0.2) is 30.1 Å². The van der Waals surface area contributed by atoms with E-state index in [0.717, 1.165) is 39.5 Å². The van der Waals surface area contributed by atoms with E-state index < -0.39 is 0 Å². The number of hydrogen-bond donors (Lipinski definition) is 0. The number of halogens is 1. The highest BCUT2D eigenvalue weighted by atomic mass is 79.9. The van der Waals surface area contributed by atoms with Crippen LogP contribution in [0.1, 0.15) is 39.2 Å². The Bertz CT molecular complexity index is 707. The molecule has 3 rings (SSSR count). The molecule has 1 amide bonds. The quantitative estimate of drug-likeness (QED) is 0.732. The molecule has 24 heavy (non-hydrogen) atoms. The first-order chi connectivity index (χ1) is 11.6. The first kappa shape index (κ1) is 18.9. The fourth-order valence-electron chi connectivity index (χ4n) is 3.11. The van der Waals surface area contributed by atoms with E-state index in [9.17, 15) is 4.79 Å². The van der Waals surface area contributed by atoms with Gasteiger partial charge in [0.05, 0.1) is 11.2 Å². The first-order valence-corrected chi connectivity index (χ1v) is 9.29. The van der Waals surface area contributed by atoms with Crippen molar-refractivity contribution >= 4 is 38.4 Å². The predicted octanol–water partition coefficient (Wildman–Crippen LogP) is 4.86. The van der Waals surface area contributed by atoms with Crippen LogP contribution in [0, 0.1) is 6.92 Å². The van der Waals surface area contributed by atoms with Crippen LogP contribution in [0.5, 0.6) is 0 Å². The second-order valence-electron chi connectivity index (χ2n) is 5.68. The van der Waals surface area contributed by atoms with Gasteiger partial charge in [0, 0.05) is 42.2 Å². The Kier molecular flexibility index (Phi) is 6.75. The average molecular weight is 393 g/mol. The Morgan fingerprint density at radius 2 is 1.96 bits per heavy atom. The van der Waals surface area contributed by atoms with E-state index in [4.69, 9.17) is 4.74 Å². The molecule has 1 aliphatic rings. The number of anilines is 1. The summed E-state index contributed by atoms with van der Waals surface area (Å²) in [4.78, 5) is 18.8. The molecule has 0 unspecified atom stereocenters. The molecule has 130 valence electrons. The monoisotopic (exact) mass is 392 g/mol. The summed E-state index contributed by atoms with van der Waals surface area (Å²) in [5.74, 6) is 0.0717. The van der Waals surface area contributed by atoms with Gasteiger partial charge in [0.15, 0.2) is 0 Å². The van der Waals surface area contributed by atoms with Crippen LogP contribution in [0.2, 0.25) is 0 Å². The van der Waals surface area contributed by atoms with E-state index in [1.54, 1.807) is 6.92 Å². The minimum absolute atomic E-state index is 0.0717. The summed E-state index contributed by atoms with van der Waals surface area (Å²) < 4.78 is 6.43. The number of aryl methyl sites for hydroxylation is 1. The number of hydrogen-bond acceptors (Lipinski definition) is 3. The van der Waals surface area contributed by atoms with Gasteiger partial charge in [-0.3, -0.25) is 9.78 Å². The van der Waals surface area contributed by atoms with Crippen LogP contribution < -0.4 is 4.90 Å². The van der Waals surface area contributed by atoms with Crippen molar-refractivity contribution in [3.63, 3.8) is 0 Å². The molecule has 1 aromatic heterocycles. The van der Waals surface area contributed by atoms with Gasteiger partial charge in [-0.1, -0.05) is 29.8 Å². The van der Waals surface area contributed by atoms with E-state index in [0.29, 0.717) is 13.2 Å². The van der Waals surface area contributed by atoms with Crippen LogP contribution in [0.25, 0.3) is 10.9 Å². The van der Waals surface area contributed by atoms with Crippen molar-refractivity contribution in [3.8, 4) is 0 Å². The third kappa shape index (κ3) is 3.95. The largest absolute Gasteiger partial charge is 0.381 e. The van der Waals surface area contributed by atoms with Crippen LogP contribution in [0.4, 0.5) is 5.69 Å². The van der Waals surface area contributed by atoms with Gasteiger partial charge in [0.1, 0.15) is 0 Å². The number of pyridine rings is 1. The number of carbonyl (C=O) groups is 1. The lowest BCUT2D eigenvalue weighted by atomic mass is 10.0. The third-order valence-corrected chi connectivity index (χ3v) is 4.61. The van der Waals surface area contributed by atoms with Crippen molar-refractivity contribution in [3.05, 3.63) is 34.4 Å². The fraction of sp³-hybridized carbons (Fsp3) is 0.474. The van der Waals surface area contributed by atoms with Crippen molar-refractivity contribution < 1.29 is 9.53 Å². The van der Waals surface area contributed by atoms with Crippen LogP contribution in [0.15, 0.2) is 28.9 Å². The molecule has 5 heteroatoms. The standard InChI is InChI=1S/C17H19BrN2O2.C2H6/c1-11-10-19-16-4-3-13(18)9-15(16)17(11)20(12(2)21)14-5-7-22-8-6-14;1-2/h3-4,9-10,14H,5-8H2,1-2H3;1-2H3. The Labute approximate surface area is 152 Å². The molecule has 2 heterocycles. The van der Waals surface area contributed by atoms with E-state index in [1.165, 1.54) is 0 Å².